The van der Waals surface area contributed by atoms with Crippen molar-refractivity contribution in [1.82, 2.24) is 9.78 Å². The molecule has 6 nitrogen and oxygen atoms in total. The second-order valence-electron chi connectivity index (χ2n) is 3.99. The van der Waals surface area contributed by atoms with Crippen LogP contribution in [0.5, 0.6) is 0 Å². The van der Waals surface area contributed by atoms with E-state index in [-0.39, 0.29) is 11.2 Å². The number of benzene rings is 1. The highest BCUT2D eigenvalue weighted by molar-refractivity contribution is 5.43. The number of aromatic nitrogens is 2. The van der Waals surface area contributed by atoms with E-state index in [0.717, 1.165) is 5.69 Å². The zero-order valence-corrected chi connectivity index (χ0v) is 10.1. The first-order chi connectivity index (χ1) is 8.54. The van der Waals surface area contributed by atoms with Crippen LogP contribution in [0.1, 0.15) is 18.2 Å². The van der Waals surface area contributed by atoms with Gasteiger partial charge in [-0.15, -0.1) is 0 Å². The molecule has 1 aromatic heterocycles. The molecule has 1 N–H and O–H groups in total. The normalized spacial score (nSPS) is 10.6. The summed E-state index contributed by atoms with van der Waals surface area (Å²) in [5.74, 6) is 0. The molecule has 0 aliphatic heterocycles. The summed E-state index contributed by atoms with van der Waals surface area (Å²) in [5, 5.41) is 13.6. The number of non-ortho nitro benzene ring substituents is 1. The van der Waals surface area contributed by atoms with Crippen LogP contribution in [0.25, 0.3) is 5.69 Å². The van der Waals surface area contributed by atoms with Crippen molar-refractivity contribution in [3.63, 3.8) is 0 Å². The lowest BCUT2D eigenvalue weighted by molar-refractivity contribution is -0.384. The highest BCUT2D eigenvalue weighted by atomic mass is 16.6. The lowest BCUT2D eigenvalue weighted by Crippen LogP contribution is -2.17. The summed E-state index contributed by atoms with van der Waals surface area (Å²) >= 11 is 0. The minimum absolute atomic E-state index is 0.0373. The van der Waals surface area contributed by atoms with Crippen LogP contribution < -0.4 is 5.56 Å². The van der Waals surface area contributed by atoms with Gasteiger partial charge in [0.05, 0.1) is 10.6 Å². The minimum Gasteiger partial charge on any atom is -0.295 e. The highest BCUT2D eigenvalue weighted by Gasteiger charge is 2.13. The van der Waals surface area contributed by atoms with E-state index in [4.69, 9.17) is 0 Å². The fraction of sp³-hybridized carbons (Fsp3) is 0.250. The Morgan fingerprint density at radius 2 is 2.17 bits per heavy atom. The van der Waals surface area contributed by atoms with Gasteiger partial charge in [-0.25, -0.2) is 4.68 Å². The van der Waals surface area contributed by atoms with E-state index < -0.39 is 4.92 Å². The number of nitro groups is 1. The lowest BCUT2D eigenvalue weighted by Gasteiger charge is -2.00. The molecule has 0 unspecified atom stereocenters. The molecule has 0 radical (unpaired) electrons. The molecule has 0 bridgehead atoms. The summed E-state index contributed by atoms with van der Waals surface area (Å²) in [6.45, 7) is 3.71. The fourth-order valence-electron chi connectivity index (χ4n) is 1.93. The molecule has 18 heavy (non-hydrogen) atoms. The number of H-pyrrole nitrogens is 1. The first-order valence-electron chi connectivity index (χ1n) is 5.60. The summed E-state index contributed by atoms with van der Waals surface area (Å²) in [6.07, 6.45) is 0.628. The van der Waals surface area contributed by atoms with E-state index in [1.165, 1.54) is 16.8 Å². The van der Waals surface area contributed by atoms with Gasteiger partial charge in [-0.3, -0.25) is 20.0 Å². The molecule has 0 aliphatic rings. The second kappa shape index (κ2) is 4.48. The number of nitrogens with zero attached hydrogens (tertiary/aromatic N) is 2. The van der Waals surface area contributed by atoms with Crippen molar-refractivity contribution in [2.45, 2.75) is 20.3 Å². The number of nitrogens with one attached hydrogen (secondary N) is 1. The first kappa shape index (κ1) is 12.1. The van der Waals surface area contributed by atoms with Gasteiger partial charge >= 0.3 is 0 Å². The average molecular weight is 247 g/mol. The molecular weight excluding hydrogens is 234 g/mol. The third kappa shape index (κ3) is 1.92. The van der Waals surface area contributed by atoms with Gasteiger partial charge in [-0.2, -0.15) is 0 Å². The molecular formula is C12H13N3O3. The van der Waals surface area contributed by atoms with Crippen LogP contribution in [0, 0.1) is 17.0 Å². The van der Waals surface area contributed by atoms with Gasteiger partial charge in [0.1, 0.15) is 0 Å². The Kier molecular flexibility index (Phi) is 3.01. The van der Waals surface area contributed by atoms with Gasteiger partial charge in [-0.05, 0) is 19.4 Å². The van der Waals surface area contributed by atoms with Crippen LogP contribution in [-0.4, -0.2) is 14.7 Å². The fourth-order valence-corrected chi connectivity index (χ4v) is 1.93. The van der Waals surface area contributed by atoms with Gasteiger partial charge in [0.15, 0.2) is 0 Å². The zero-order valence-electron chi connectivity index (χ0n) is 10.1. The number of aryl methyl sites for hydroxylation is 1. The van der Waals surface area contributed by atoms with E-state index in [1.54, 1.807) is 12.1 Å². The van der Waals surface area contributed by atoms with Crippen molar-refractivity contribution >= 4 is 5.69 Å². The Morgan fingerprint density at radius 3 is 2.72 bits per heavy atom. The quantitative estimate of drug-likeness (QED) is 0.664. The molecule has 0 aliphatic carbocycles. The maximum atomic E-state index is 12.1. The van der Waals surface area contributed by atoms with Crippen LogP contribution in [-0.2, 0) is 6.42 Å². The van der Waals surface area contributed by atoms with Crippen molar-refractivity contribution in [3.05, 3.63) is 56.0 Å². The number of nitro benzene ring substituents is 1. The van der Waals surface area contributed by atoms with E-state index >= 15 is 0 Å². The second-order valence-corrected chi connectivity index (χ2v) is 3.99. The van der Waals surface area contributed by atoms with Crippen molar-refractivity contribution in [3.8, 4) is 5.69 Å². The Bertz CT molecular complexity index is 655. The van der Waals surface area contributed by atoms with Gasteiger partial charge in [-0.1, -0.05) is 13.0 Å². The summed E-state index contributed by atoms with van der Waals surface area (Å²) < 4.78 is 1.33. The molecule has 2 aromatic rings. The molecule has 2 rings (SSSR count). The predicted molar refractivity (Wildman–Crippen MR) is 67.2 cm³/mol. The Morgan fingerprint density at radius 1 is 1.44 bits per heavy atom. The molecule has 0 fully saturated rings. The van der Waals surface area contributed by atoms with Crippen LogP contribution >= 0.6 is 0 Å². The van der Waals surface area contributed by atoms with Crippen molar-refractivity contribution in [2.75, 3.05) is 0 Å². The van der Waals surface area contributed by atoms with E-state index in [1.807, 2.05) is 13.8 Å². The number of aromatic amines is 1. The monoisotopic (exact) mass is 247 g/mol. The maximum Gasteiger partial charge on any atom is 0.274 e. The van der Waals surface area contributed by atoms with Crippen LogP contribution in [0.15, 0.2) is 29.1 Å². The zero-order chi connectivity index (χ0) is 13.3. The topological polar surface area (TPSA) is 80.9 Å². The summed E-state index contributed by atoms with van der Waals surface area (Å²) in [6, 6.07) is 5.98. The number of hydrogen-bond donors (Lipinski definition) is 1. The lowest BCUT2D eigenvalue weighted by atomic mass is 10.2. The van der Waals surface area contributed by atoms with E-state index in [0.29, 0.717) is 17.7 Å². The molecule has 0 spiro atoms. The molecule has 6 heteroatoms. The molecule has 1 aromatic carbocycles. The third-order valence-corrected chi connectivity index (χ3v) is 2.85. The van der Waals surface area contributed by atoms with Crippen molar-refractivity contribution in [1.29, 1.82) is 0 Å². The maximum absolute atomic E-state index is 12.1. The molecule has 1 heterocycles. The smallest absolute Gasteiger partial charge is 0.274 e. The summed E-state index contributed by atoms with van der Waals surface area (Å²) in [4.78, 5) is 22.3. The van der Waals surface area contributed by atoms with Crippen molar-refractivity contribution < 1.29 is 4.92 Å². The SMILES string of the molecule is CCc1c(C)[nH]n(-c2cccc([N+](=O)[O-])c2)c1=O. The number of hydrogen-bond acceptors (Lipinski definition) is 3. The van der Waals surface area contributed by atoms with Crippen molar-refractivity contribution in [2.24, 2.45) is 0 Å². The van der Waals surface area contributed by atoms with E-state index in [2.05, 4.69) is 5.10 Å². The molecule has 0 saturated heterocycles. The van der Waals surface area contributed by atoms with Gasteiger partial charge in [0.2, 0.25) is 0 Å². The average Bonchev–Trinajstić information content (AvgIpc) is 2.64. The summed E-state index contributed by atoms with van der Waals surface area (Å²) in [5.41, 5.74) is 1.76. The van der Waals surface area contributed by atoms with Crippen LogP contribution in [0.3, 0.4) is 0 Å². The van der Waals surface area contributed by atoms with E-state index in [9.17, 15) is 14.9 Å². The van der Waals surface area contributed by atoms with Crippen LogP contribution in [0.2, 0.25) is 0 Å². The van der Waals surface area contributed by atoms with Gasteiger partial charge in [0.25, 0.3) is 11.2 Å². The Hall–Kier alpha value is -2.37. The molecule has 94 valence electrons. The number of rotatable bonds is 3. The Balaban J connectivity index is 2.59. The minimum atomic E-state index is -0.481. The Labute approximate surface area is 103 Å². The standard InChI is InChI=1S/C12H13N3O3/c1-3-11-8(2)13-14(12(11)16)9-5-4-6-10(7-9)15(17)18/h4-7,13H,3H2,1-2H3. The van der Waals surface area contributed by atoms with Gasteiger partial charge < -0.3 is 0 Å². The van der Waals surface area contributed by atoms with Crippen LogP contribution in [0.4, 0.5) is 5.69 Å². The molecule has 0 saturated carbocycles. The largest absolute Gasteiger partial charge is 0.295 e. The highest BCUT2D eigenvalue weighted by Crippen LogP contribution is 2.15. The molecule has 0 amide bonds. The predicted octanol–water partition coefficient (Wildman–Crippen LogP) is 1.94. The third-order valence-electron chi connectivity index (χ3n) is 2.85. The van der Waals surface area contributed by atoms with Gasteiger partial charge in [0, 0.05) is 23.4 Å². The summed E-state index contributed by atoms with van der Waals surface area (Å²) in [7, 11) is 0. The molecule has 0 atom stereocenters. The first-order valence-corrected chi connectivity index (χ1v) is 5.60.